The van der Waals surface area contributed by atoms with Crippen molar-refractivity contribution in [1.29, 1.82) is 0 Å². The van der Waals surface area contributed by atoms with Crippen LogP contribution in [0.4, 0.5) is 0 Å². The molecular weight excluding hydrogens is 282 g/mol. The highest BCUT2D eigenvalue weighted by molar-refractivity contribution is 6.30. The molecule has 1 aliphatic rings. The molecule has 0 bridgehead atoms. The summed E-state index contributed by atoms with van der Waals surface area (Å²) in [5.74, 6) is 2.74. The summed E-state index contributed by atoms with van der Waals surface area (Å²) in [4.78, 5) is 0. The van der Waals surface area contributed by atoms with E-state index in [0.29, 0.717) is 17.8 Å². The second-order valence-electron chi connectivity index (χ2n) is 7.10. The largest absolute Gasteiger partial charge is 0.496 e. The quantitative estimate of drug-likeness (QED) is 0.876. The zero-order valence-corrected chi connectivity index (χ0v) is 14.4. The molecule has 0 heterocycles. The number of ether oxygens (including phenoxy) is 1. The smallest absolute Gasteiger partial charge is 0.122 e. The topological polar surface area (TPSA) is 35.2 Å². The molecule has 1 saturated carbocycles. The first kappa shape index (κ1) is 16.6. The molecule has 0 aromatic heterocycles. The summed E-state index contributed by atoms with van der Waals surface area (Å²) in [6.45, 7) is 6.89. The lowest BCUT2D eigenvalue weighted by molar-refractivity contribution is 0.109. The van der Waals surface area contributed by atoms with Crippen LogP contribution in [0.25, 0.3) is 0 Å². The molecule has 1 aliphatic carbocycles. The van der Waals surface area contributed by atoms with Crippen molar-refractivity contribution in [1.82, 2.24) is 0 Å². The molecule has 21 heavy (non-hydrogen) atoms. The van der Waals surface area contributed by atoms with E-state index in [1.54, 1.807) is 7.11 Å². The number of hydrogen-bond donors (Lipinski definition) is 1. The highest BCUT2D eigenvalue weighted by Gasteiger charge is 2.41. The summed E-state index contributed by atoms with van der Waals surface area (Å²) in [7, 11) is 1.71. The summed E-state index contributed by atoms with van der Waals surface area (Å²) in [5.41, 5.74) is 7.87. The van der Waals surface area contributed by atoms with E-state index in [0.717, 1.165) is 29.2 Å². The molecule has 2 rings (SSSR count). The molecule has 1 fully saturated rings. The van der Waals surface area contributed by atoms with Gasteiger partial charge in [-0.2, -0.15) is 0 Å². The number of rotatable bonds is 4. The predicted octanol–water partition coefficient (Wildman–Crippen LogP) is 4.68. The van der Waals surface area contributed by atoms with Gasteiger partial charge in [0.15, 0.2) is 0 Å². The van der Waals surface area contributed by atoms with E-state index in [9.17, 15) is 0 Å². The number of hydrogen-bond acceptors (Lipinski definition) is 2. The standard InChI is InChI=1S/C18H28ClNO/c1-12(2)16-7-5-13(3)10-18(16,20)11-14-9-15(19)6-8-17(14)21-4/h6,8-9,12-13,16H,5,7,10-11,20H2,1-4H3. The Morgan fingerprint density at radius 3 is 2.71 bits per heavy atom. The minimum absolute atomic E-state index is 0.163. The summed E-state index contributed by atoms with van der Waals surface area (Å²) in [5, 5.41) is 0.749. The van der Waals surface area contributed by atoms with Crippen molar-refractivity contribution in [2.75, 3.05) is 7.11 Å². The Hall–Kier alpha value is -0.730. The van der Waals surface area contributed by atoms with Gasteiger partial charge in [-0.05, 0) is 60.8 Å². The van der Waals surface area contributed by atoms with Crippen LogP contribution in [-0.4, -0.2) is 12.6 Å². The van der Waals surface area contributed by atoms with Crippen LogP contribution in [0.2, 0.25) is 5.02 Å². The Kier molecular flexibility index (Phi) is 5.21. The van der Waals surface area contributed by atoms with Gasteiger partial charge in [0.05, 0.1) is 7.11 Å². The average molecular weight is 310 g/mol. The summed E-state index contributed by atoms with van der Waals surface area (Å²) in [6.07, 6.45) is 4.42. The van der Waals surface area contributed by atoms with Crippen molar-refractivity contribution in [3.63, 3.8) is 0 Å². The molecule has 0 radical (unpaired) electrons. The van der Waals surface area contributed by atoms with Crippen LogP contribution in [0.15, 0.2) is 18.2 Å². The van der Waals surface area contributed by atoms with Crippen LogP contribution in [0.1, 0.15) is 45.6 Å². The number of nitrogens with two attached hydrogens (primary N) is 1. The van der Waals surface area contributed by atoms with Crippen LogP contribution in [0.3, 0.4) is 0 Å². The molecule has 1 aromatic rings. The second kappa shape index (κ2) is 6.58. The fourth-order valence-electron chi connectivity index (χ4n) is 4.09. The van der Waals surface area contributed by atoms with Crippen LogP contribution in [0, 0.1) is 17.8 Å². The van der Waals surface area contributed by atoms with E-state index in [1.165, 1.54) is 12.8 Å². The molecule has 3 unspecified atom stereocenters. The van der Waals surface area contributed by atoms with Gasteiger partial charge >= 0.3 is 0 Å². The van der Waals surface area contributed by atoms with Gasteiger partial charge in [0.25, 0.3) is 0 Å². The van der Waals surface area contributed by atoms with E-state index in [4.69, 9.17) is 22.1 Å². The Morgan fingerprint density at radius 2 is 2.10 bits per heavy atom. The first-order valence-electron chi connectivity index (χ1n) is 7.97. The monoisotopic (exact) mass is 309 g/mol. The molecule has 2 nitrogen and oxygen atoms in total. The van der Waals surface area contributed by atoms with Gasteiger partial charge in [-0.3, -0.25) is 0 Å². The van der Waals surface area contributed by atoms with Gasteiger partial charge < -0.3 is 10.5 Å². The Balaban J connectivity index is 2.31. The molecule has 0 amide bonds. The van der Waals surface area contributed by atoms with Gasteiger partial charge in [0, 0.05) is 10.6 Å². The van der Waals surface area contributed by atoms with Crippen molar-refractivity contribution >= 4 is 11.6 Å². The number of halogens is 1. The third kappa shape index (κ3) is 3.73. The molecular formula is C18H28ClNO. The van der Waals surface area contributed by atoms with Crippen molar-refractivity contribution in [3.8, 4) is 5.75 Å². The van der Waals surface area contributed by atoms with Crippen LogP contribution in [0.5, 0.6) is 5.75 Å². The Labute approximate surface area is 134 Å². The van der Waals surface area contributed by atoms with Crippen LogP contribution >= 0.6 is 11.6 Å². The third-order valence-electron chi connectivity index (χ3n) is 5.00. The zero-order chi connectivity index (χ0) is 15.6. The third-order valence-corrected chi connectivity index (χ3v) is 5.24. The summed E-state index contributed by atoms with van der Waals surface area (Å²) >= 11 is 6.17. The van der Waals surface area contributed by atoms with E-state index >= 15 is 0 Å². The predicted molar refractivity (Wildman–Crippen MR) is 90.0 cm³/mol. The lowest BCUT2D eigenvalue weighted by atomic mass is 9.63. The van der Waals surface area contributed by atoms with Crippen LogP contribution in [-0.2, 0) is 6.42 Å². The van der Waals surface area contributed by atoms with Crippen LogP contribution < -0.4 is 10.5 Å². The van der Waals surface area contributed by atoms with E-state index in [1.807, 2.05) is 18.2 Å². The fraction of sp³-hybridized carbons (Fsp3) is 0.667. The lowest BCUT2D eigenvalue weighted by Crippen LogP contribution is -2.54. The first-order valence-corrected chi connectivity index (χ1v) is 8.35. The van der Waals surface area contributed by atoms with E-state index in [2.05, 4.69) is 20.8 Å². The van der Waals surface area contributed by atoms with E-state index < -0.39 is 0 Å². The van der Waals surface area contributed by atoms with Crippen molar-refractivity contribution in [2.45, 2.75) is 52.0 Å². The molecule has 3 heteroatoms. The molecule has 118 valence electrons. The molecule has 0 spiro atoms. The SMILES string of the molecule is COc1ccc(Cl)cc1CC1(N)CC(C)CCC1C(C)C. The van der Waals surface area contributed by atoms with Gasteiger partial charge in [-0.1, -0.05) is 38.8 Å². The van der Waals surface area contributed by atoms with Crippen molar-refractivity contribution < 1.29 is 4.74 Å². The normalized spacial score (nSPS) is 29.7. The average Bonchev–Trinajstić information content (AvgIpc) is 2.37. The maximum absolute atomic E-state index is 6.90. The molecule has 2 N–H and O–H groups in total. The second-order valence-corrected chi connectivity index (χ2v) is 7.54. The molecule has 1 aromatic carbocycles. The zero-order valence-electron chi connectivity index (χ0n) is 13.7. The maximum atomic E-state index is 6.90. The summed E-state index contributed by atoms with van der Waals surface area (Å²) < 4.78 is 5.50. The highest BCUT2D eigenvalue weighted by atomic mass is 35.5. The first-order chi connectivity index (χ1) is 9.85. The number of benzene rings is 1. The van der Waals surface area contributed by atoms with E-state index in [-0.39, 0.29) is 5.54 Å². The van der Waals surface area contributed by atoms with Crippen molar-refractivity contribution in [3.05, 3.63) is 28.8 Å². The van der Waals surface area contributed by atoms with Gasteiger partial charge in [-0.25, -0.2) is 0 Å². The Bertz CT molecular complexity index is 488. The highest BCUT2D eigenvalue weighted by Crippen LogP contribution is 2.42. The maximum Gasteiger partial charge on any atom is 0.122 e. The lowest BCUT2D eigenvalue weighted by Gasteiger charge is -2.46. The van der Waals surface area contributed by atoms with Crippen molar-refractivity contribution in [2.24, 2.45) is 23.5 Å². The minimum atomic E-state index is -0.163. The minimum Gasteiger partial charge on any atom is -0.496 e. The fourth-order valence-corrected chi connectivity index (χ4v) is 4.29. The van der Waals surface area contributed by atoms with Gasteiger partial charge in [-0.15, -0.1) is 0 Å². The van der Waals surface area contributed by atoms with Gasteiger partial charge in [0.2, 0.25) is 0 Å². The molecule has 0 saturated heterocycles. The van der Waals surface area contributed by atoms with Gasteiger partial charge in [0.1, 0.15) is 5.75 Å². The molecule has 3 atom stereocenters. The molecule has 0 aliphatic heterocycles. The number of methoxy groups -OCH3 is 1. The Morgan fingerprint density at radius 1 is 1.38 bits per heavy atom. The summed E-state index contributed by atoms with van der Waals surface area (Å²) in [6, 6.07) is 5.82.